The lowest BCUT2D eigenvalue weighted by molar-refractivity contribution is 1.24. The fraction of sp³-hybridized carbons (Fsp3) is 0.0857. The molecular weight excluding hydrogens is 1380 g/mol. The SMILES string of the molecule is Cc1ccc(N2c3ccc(C)cc3B3c4cc(-c5cc(-c6ccc7c(c6)B6c8cc(C)ccc8N(c8ccc(C)cc8)c8cccc(c86)N7c6ccc(C)cc6)cc(-c6ccc7c(c6)B6c8cc(C)ccc8N(c8ccc(C)cc8)c8cccc(c86)N7c6ccc(C)cc6)c5)ccc4N(c4ccc(C)cc4)c4cccc2c43)cc1. The molecule has 0 saturated carbocycles. The number of anilines is 18. The van der Waals surface area contributed by atoms with Crippen molar-refractivity contribution < 1.29 is 0 Å². The molecule has 0 unspecified atom stereocenters. The Hall–Kier alpha value is -13.5. The van der Waals surface area contributed by atoms with Crippen LogP contribution in [0.2, 0.25) is 0 Å². The molecule has 0 spiro atoms. The van der Waals surface area contributed by atoms with E-state index < -0.39 is 0 Å². The predicted molar refractivity (Wildman–Crippen MR) is 487 cm³/mol. The minimum atomic E-state index is -0.0882. The molecule has 0 amide bonds. The summed E-state index contributed by atoms with van der Waals surface area (Å²) in [6.07, 6.45) is 0. The largest absolute Gasteiger partial charge is 0.311 e. The van der Waals surface area contributed by atoms with E-state index in [1.807, 2.05) is 0 Å². The summed E-state index contributed by atoms with van der Waals surface area (Å²) in [7, 11) is 0. The Balaban J connectivity index is 0.791. The Morgan fingerprint density at radius 3 is 0.526 bits per heavy atom. The van der Waals surface area contributed by atoms with Gasteiger partial charge in [0.1, 0.15) is 0 Å². The van der Waals surface area contributed by atoms with Gasteiger partial charge in [0.05, 0.1) is 0 Å². The average molecular weight is 1460 g/mol. The second-order valence-electron chi connectivity index (χ2n) is 32.8. The first-order chi connectivity index (χ1) is 55.7. The molecule has 540 valence electrons. The van der Waals surface area contributed by atoms with Crippen LogP contribution in [0.4, 0.5) is 102 Å². The van der Waals surface area contributed by atoms with Gasteiger partial charge < -0.3 is 29.4 Å². The van der Waals surface area contributed by atoms with E-state index in [0.29, 0.717) is 0 Å². The molecule has 0 saturated heterocycles. The predicted octanol–water partition coefficient (Wildman–Crippen LogP) is 21.7. The van der Waals surface area contributed by atoms with Crippen LogP contribution in [-0.4, -0.2) is 20.1 Å². The zero-order valence-electron chi connectivity index (χ0n) is 65.6. The van der Waals surface area contributed by atoms with Gasteiger partial charge in [-0.3, -0.25) is 0 Å². The number of hydrogen-bond acceptors (Lipinski definition) is 6. The molecule has 6 nitrogen and oxygen atoms in total. The molecule has 0 bridgehead atoms. The second-order valence-corrected chi connectivity index (χ2v) is 32.8. The summed E-state index contributed by atoms with van der Waals surface area (Å²) in [5.74, 6) is 0. The first kappa shape index (κ1) is 67.4. The van der Waals surface area contributed by atoms with E-state index in [9.17, 15) is 0 Å². The van der Waals surface area contributed by atoms with Crippen molar-refractivity contribution in [2.45, 2.75) is 62.3 Å². The van der Waals surface area contributed by atoms with E-state index in [2.05, 4.69) is 419 Å². The molecule has 0 N–H and O–H groups in total. The highest BCUT2D eigenvalue weighted by Crippen LogP contribution is 2.50. The second kappa shape index (κ2) is 25.8. The van der Waals surface area contributed by atoms with Gasteiger partial charge in [-0.2, -0.15) is 0 Å². The summed E-state index contributed by atoms with van der Waals surface area (Å²) in [5, 5.41) is 0. The van der Waals surface area contributed by atoms with Gasteiger partial charge in [0.15, 0.2) is 0 Å². The molecule has 0 aliphatic carbocycles. The van der Waals surface area contributed by atoms with E-state index in [4.69, 9.17) is 0 Å². The number of aryl methyl sites for hydroxylation is 9. The Labute approximate surface area is 670 Å². The average Bonchev–Trinajstić information content (AvgIpc) is 0.709. The van der Waals surface area contributed by atoms with Crippen molar-refractivity contribution in [2.75, 3.05) is 29.4 Å². The molecule has 22 rings (SSSR count). The number of nitrogens with zero attached hydrogens (tertiary/aromatic N) is 6. The summed E-state index contributed by atoms with van der Waals surface area (Å²) >= 11 is 0. The minimum absolute atomic E-state index is 0.0882. The van der Waals surface area contributed by atoms with Gasteiger partial charge >= 0.3 is 0 Å². The fourth-order valence-electron chi connectivity index (χ4n) is 19.7. The first-order valence-corrected chi connectivity index (χ1v) is 40.2. The quantitative estimate of drug-likeness (QED) is 0.133. The molecular formula is C105H81B3N6. The lowest BCUT2D eigenvalue weighted by Gasteiger charge is -2.44. The van der Waals surface area contributed by atoms with Crippen molar-refractivity contribution in [3.63, 3.8) is 0 Å². The standard InChI is InChI=1S/C105H81B3N6/c1-64-19-37-79(38-20-64)109-91-49-31-70(7)55-85(91)106-88-61-73(34-52-94(88)112(82-43-25-67(4)26-44-82)100-16-10-13-97(109)103(100)106)76-58-77(74-35-53-95-89(62-74)107-86-56-71(8)32-50-92(86)110(80-39-21-65(2)22-40-80)98-14-11-17-101(104(98)107)113(95)83-45-27-68(5)28-46-83)60-78(59-76)75-36-54-96-90(63-75)108-87-57-72(9)33-51-93(87)111(81-41-23-66(3)24-42-81)99-15-12-18-102(105(99)108)114(96)84-47-29-69(6)30-48-84/h10-63H,1-9H3. The number of benzene rings is 16. The molecule has 0 aromatic heterocycles. The van der Waals surface area contributed by atoms with E-state index in [-0.39, 0.29) is 20.1 Å². The van der Waals surface area contributed by atoms with Gasteiger partial charge in [0.25, 0.3) is 20.1 Å². The molecule has 0 radical (unpaired) electrons. The minimum Gasteiger partial charge on any atom is -0.311 e. The Kier molecular flexibility index (Phi) is 15.3. The molecule has 16 aromatic carbocycles. The fourth-order valence-corrected chi connectivity index (χ4v) is 19.7. The van der Waals surface area contributed by atoms with Crippen molar-refractivity contribution in [1.82, 2.24) is 0 Å². The highest BCUT2D eigenvalue weighted by Gasteiger charge is 2.48. The number of rotatable bonds is 9. The van der Waals surface area contributed by atoms with Crippen LogP contribution in [0.5, 0.6) is 0 Å². The first-order valence-electron chi connectivity index (χ1n) is 40.2. The third kappa shape index (κ3) is 10.5. The molecule has 6 aliphatic heterocycles. The van der Waals surface area contributed by atoms with Gasteiger partial charge in [-0.1, -0.05) is 214 Å². The van der Waals surface area contributed by atoms with Gasteiger partial charge in [-0.15, -0.1) is 0 Å². The van der Waals surface area contributed by atoms with Gasteiger partial charge in [0, 0.05) is 102 Å². The zero-order valence-corrected chi connectivity index (χ0v) is 65.6. The Morgan fingerprint density at radius 1 is 0.149 bits per heavy atom. The normalized spacial score (nSPS) is 13.5. The van der Waals surface area contributed by atoms with E-state index in [1.54, 1.807) is 0 Å². The van der Waals surface area contributed by atoms with Crippen LogP contribution in [0.3, 0.4) is 0 Å². The van der Waals surface area contributed by atoms with E-state index in [0.717, 1.165) is 67.5 Å². The van der Waals surface area contributed by atoms with Crippen molar-refractivity contribution >= 4 is 172 Å². The third-order valence-electron chi connectivity index (χ3n) is 25.1. The van der Waals surface area contributed by atoms with E-state index >= 15 is 0 Å². The van der Waals surface area contributed by atoms with Crippen LogP contribution >= 0.6 is 0 Å². The van der Waals surface area contributed by atoms with Crippen LogP contribution < -0.4 is 78.6 Å². The monoisotopic (exact) mass is 1460 g/mol. The molecule has 0 atom stereocenters. The molecule has 0 fully saturated rings. The maximum absolute atomic E-state index is 2.56. The summed E-state index contributed by atoms with van der Waals surface area (Å²) in [6, 6.07) is 127. The van der Waals surface area contributed by atoms with Crippen molar-refractivity contribution in [3.8, 4) is 33.4 Å². The van der Waals surface area contributed by atoms with Crippen LogP contribution in [0.15, 0.2) is 328 Å². The summed E-state index contributed by atoms with van der Waals surface area (Å²) in [6.45, 7) is 19.6. The zero-order chi connectivity index (χ0) is 76.6. The lowest BCUT2D eigenvalue weighted by Crippen LogP contribution is -2.61. The van der Waals surface area contributed by atoms with Gasteiger partial charge in [-0.25, -0.2) is 0 Å². The lowest BCUT2D eigenvalue weighted by atomic mass is 9.33. The van der Waals surface area contributed by atoms with Gasteiger partial charge in [-0.05, 0) is 309 Å². The summed E-state index contributed by atoms with van der Waals surface area (Å²) < 4.78 is 0. The van der Waals surface area contributed by atoms with Crippen molar-refractivity contribution in [2.24, 2.45) is 0 Å². The summed E-state index contributed by atoms with van der Waals surface area (Å²) in [4.78, 5) is 15.1. The Morgan fingerprint density at radius 2 is 0.325 bits per heavy atom. The molecule has 6 heterocycles. The topological polar surface area (TPSA) is 19.4 Å². The molecule has 6 aliphatic rings. The molecule has 16 aromatic rings. The highest BCUT2D eigenvalue weighted by molar-refractivity contribution is 7.02. The van der Waals surface area contributed by atoms with Crippen molar-refractivity contribution in [3.05, 3.63) is 378 Å². The maximum Gasteiger partial charge on any atom is 0.252 e. The van der Waals surface area contributed by atoms with Crippen LogP contribution in [0, 0.1) is 62.3 Å². The maximum atomic E-state index is 2.56. The van der Waals surface area contributed by atoms with Gasteiger partial charge in [0.2, 0.25) is 0 Å². The van der Waals surface area contributed by atoms with E-state index in [1.165, 1.54) is 167 Å². The van der Waals surface area contributed by atoms with Crippen LogP contribution in [0.25, 0.3) is 33.4 Å². The van der Waals surface area contributed by atoms with Crippen LogP contribution in [-0.2, 0) is 0 Å². The smallest absolute Gasteiger partial charge is 0.252 e. The molecule has 114 heavy (non-hydrogen) atoms. The number of fused-ring (bicyclic) bond motifs is 12. The highest BCUT2D eigenvalue weighted by atomic mass is 15.2. The third-order valence-corrected chi connectivity index (χ3v) is 25.1. The number of hydrogen-bond donors (Lipinski definition) is 0. The molecule has 9 heteroatoms. The van der Waals surface area contributed by atoms with Crippen LogP contribution in [0.1, 0.15) is 50.1 Å². The Bertz CT molecular complexity index is 5990. The summed E-state index contributed by atoms with van der Waals surface area (Å²) in [5.41, 5.74) is 50.7. The van der Waals surface area contributed by atoms with Crippen molar-refractivity contribution in [1.29, 1.82) is 0 Å².